The predicted molar refractivity (Wildman–Crippen MR) is 56.5 cm³/mol. The fourth-order valence-electron chi connectivity index (χ4n) is 1.18. The van der Waals surface area contributed by atoms with Crippen LogP contribution in [0.1, 0.15) is 11.6 Å². The van der Waals surface area contributed by atoms with Gasteiger partial charge in [0, 0.05) is 6.07 Å². The lowest BCUT2D eigenvalue weighted by molar-refractivity contribution is -0.144. The maximum atomic E-state index is 12.5. The zero-order valence-corrected chi connectivity index (χ0v) is 9.27. The molecule has 8 nitrogen and oxygen atoms in total. The fraction of sp³-hybridized carbons (Fsp3) is 0.250. The molecule has 0 unspecified atom stereocenters. The lowest BCUT2D eigenvalue weighted by Gasteiger charge is -2.10. The molecule has 4 N–H and O–H groups in total. The van der Waals surface area contributed by atoms with E-state index >= 15 is 0 Å². The quantitative estimate of drug-likeness (QED) is 0.553. The van der Waals surface area contributed by atoms with Crippen LogP contribution in [-0.4, -0.2) is 20.1 Å². The van der Waals surface area contributed by atoms with Crippen LogP contribution in [0, 0.1) is 0 Å². The minimum Gasteiger partial charge on any atom is -0.362 e. The first-order valence-corrected chi connectivity index (χ1v) is 4.91. The summed E-state index contributed by atoms with van der Waals surface area (Å²) in [6.07, 6.45) is -3.57. The Morgan fingerprint density at radius 1 is 1.26 bits per heavy atom. The van der Waals surface area contributed by atoms with Gasteiger partial charge < -0.3 is 15.3 Å². The molecule has 2 aromatic rings. The normalized spacial score (nSPS) is 11.4. The van der Waals surface area contributed by atoms with Gasteiger partial charge in [-0.2, -0.15) is 18.2 Å². The van der Waals surface area contributed by atoms with Gasteiger partial charge in [0.2, 0.25) is 12.2 Å². The fourth-order valence-corrected chi connectivity index (χ4v) is 1.18. The van der Waals surface area contributed by atoms with Gasteiger partial charge in [0.1, 0.15) is 11.6 Å². The van der Waals surface area contributed by atoms with Crippen LogP contribution in [0.5, 0.6) is 0 Å². The maximum Gasteiger partial charge on any atom is 0.451 e. The van der Waals surface area contributed by atoms with Crippen LogP contribution >= 0.6 is 0 Å². The van der Waals surface area contributed by atoms with Crippen LogP contribution in [0.2, 0.25) is 0 Å². The van der Waals surface area contributed by atoms with Crippen molar-refractivity contribution in [2.45, 2.75) is 12.7 Å². The molecular formula is C8H8F3N7O. The van der Waals surface area contributed by atoms with Crippen molar-refractivity contribution in [1.82, 2.24) is 20.1 Å². The van der Waals surface area contributed by atoms with Crippen molar-refractivity contribution >= 4 is 11.6 Å². The third kappa shape index (κ3) is 3.28. The molecule has 0 aliphatic rings. The monoisotopic (exact) mass is 275 g/mol. The number of hydrazine groups is 1. The summed E-state index contributed by atoms with van der Waals surface area (Å²) in [5, 5.41) is 6.09. The average Bonchev–Trinajstić information content (AvgIpc) is 2.88. The standard InChI is InChI=1S/C8H8F3N7O/c9-8(10,11)7-15-4(1-5(16-7)17-12)13-2-6-14-3-19-18-6/h1,3H,2,12H2,(H2,13,15,16,17). The molecule has 11 heteroatoms. The van der Waals surface area contributed by atoms with E-state index in [1.54, 1.807) is 0 Å². The third-order valence-electron chi connectivity index (χ3n) is 1.96. The molecule has 0 saturated carbocycles. The zero-order chi connectivity index (χ0) is 13.9. The Morgan fingerprint density at radius 2 is 2.00 bits per heavy atom. The molecule has 0 spiro atoms. The van der Waals surface area contributed by atoms with Gasteiger partial charge in [-0.05, 0) is 0 Å². The van der Waals surface area contributed by atoms with E-state index in [2.05, 4.69) is 29.9 Å². The molecule has 2 heterocycles. The third-order valence-corrected chi connectivity index (χ3v) is 1.96. The minimum absolute atomic E-state index is 0.0504. The minimum atomic E-state index is -4.67. The van der Waals surface area contributed by atoms with Gasteiger partial charge in [0.25, 0.3) is 0 Å². The van der Waals surface area contributed by atoms with Crippen LogP contribution in [0.25, 0.3) is 0 Å². The molecular weight excluding hydrogens is 267 g/mol. The van der Waals surface area contributed by atoms with E-state index in [0.29, 0.717) is 0 Å². The Morgan fingerprint density at radius 3 is 2.58 bits per heavy atom. The van der Waals surface area contributed by atoms with E-state index < -0.39 is 12.0 Å². The van der Waals surface area contributed by atoms with Crippen molar-refractivity contribution in [2.75, 3.05) is 10.7 Å². The van der Waals surface area contributed by atoms with Crippen molar-refractivity contribution < 1.29 is 17.7 Å². The topological polar surface area (TPSA) is 115 Å². The molecule has 0 aliphatic heterocycles. The molecule has 2 aromatic heterocycles. The van der Waals surface area contributed by atoms with Gasteiger partial charge >= 0.3 is 6.18 Å². The number of halogens is 3. The SMILES string of the molecule is NNc1cc(NCc2ncon2)nc(C(F)(F)F)n1. The number of alkyl halides is 3. The summed E-state index contributed by atoms with van der Waals surface area (Å²) in [6, 6.07) is 1.22. The Balaban J connectivity index is 2.19. The molecule has 102 valence electrons. The van der Waals surface area contributed by atoms with Gasteiger partial charge in [-0.15, -0.1) is 0 Å². The Bertz CT molecular complexity index is 542. The summed E-state index contributed by atoms with van der Waals surface area (Å²) in [6.45, 7) is 0.0504. The summed E-state index contributed by atoms with van der Waals surface area (Å²) < 4.78 is 42.1. The van der Waals surface area contributed by atoms with Crippen LogP contribution in [0.15, 0.2) is 17.0 Å². The first kappa shape index (κ1) is 13.0. The summed E-state index contributed by atoms with van der Waals surface area (Å²) in [7, 11) is 0. The smallest absolute Gasteiger partial charge is 0.362 e. The second-order valence-electron chi connectivity index (χ2n) is 3.31. The number of aromatic nitrogens is 4. The number of nitrogens with two attached hydrogens (primary N) is 1. The summed E-state index contributed by atoms with van der Waals surface area (Å²) >= 11 is 0. The van der Waals surface area contributed by atoms with E-state index in [0.717, 1.165) is 6.39 Å². The van der Waals surface area contributed by atoms with Crippen molar-refractivity contribution in [3.8, 4) is 0 Å². The lowest BCUT2D eigenvalue weighted by atomic mass is 10.4. The van der Waals surface area contributed by atoms with Crippen molar-refractivity contribution in [3.63, 3.8) is 0 Å². The highest BCUT2D eigenvalue weighted by atomic mass is 19.4. The number of hydrogen-bond acceptors (Lipinski definition) is 8. The highest BCUT2D eigenvalue weighted by Gasteiger charge is 2.35. The van der Waals surface area contributed by atoms with Gasteiger partial charge in [0.05, 0.1) is 6.54 Å². The first-order valence-electron chi connectivity index (χ1n) is 4.91. The maximum absolute atomic E-state index is 12.5. The number of anilines is 2. The van der Waals surface area contributed by atoms with E-state index in [1.807, 2.05) is 5.43 Å². The molecule has 0 aliphatic carbocycles. The van der Waals surface area contributed by atoms with Crippen LogP contribution in [-0.2, 0) is 12.7 Å². The molecule has 19 heavy (non-hydrogen) atoms. The highest BCUT2D eigenvalue weighted by Crippen LogP contribution is 2.28. The highest BCUT2D eigenvalue weighted by molar-refractivity contribution is 5.47. The largest absolute Gasteiger partial charge is 0.451 e. The Kier molecular flexibility index (Phi) is 3.46. The second-order valence-corrected chi connectivity index (χ2v) is 3.31. The number of nitrogens with zero attached hydrogens (tertiary/aromatic N) is 4. The van der Waals surface area contributed by atoms with E-state index in [-0.39, 0.29) is 24.0 Å². The zero-order valence-electron chi connectivity index (χ0n) is 9.27. The van der Waals surface area contributed by atoms with Gasteiger partial charge in [-0.1, -0.05) is 5.16 Å². The Hall–Kier alpha value is -2.43. The van der Waals surface area contributed by atoms with Crippen molar-refractivity contribution in [1.29, 1.82) is 0 Å². The first-order chi connectivity index (χ1) is 8.99. The molecule has 0 aromatic carbocycles. The van der Waals surface area contributed by atoms with Crippen LogP contribution < -0.4 is 16.6 Å². The van der Waals surface area contributed by atoms with Crippen molar-refractivity contribution in [2.24, 2.45) is 5.84 Å². The van der Waals surface area contributed by atoms with Gasteiger partial charge in [0.15, 0.2) is 5.82 Å². The predicted octanol–water partition coefficient (Wildman–Crippen LogP) is 0.776. The number of hydrogen-bond donors (Lipinski definition) is 3. The average molecular weight is 275 g/mol. The Labute approximate surface area is 104 Å². The second kappa shape index (κ2) is 5.06. The van der Waals surface area contributed by atoms with E-state index in [1.165, 1.54) is 6.07 Å². The molecule has 0 saturated heterocycles. The van der Waals surface area contributed by atoms with Crippen molar-refractivity contribution in [3.05, 3.63) is 24.1 Å². The van der Waals surface area contributed by atoms with E-state index in [9.17, 15) is 13.2 Å². The van der Waals surface area contributed by atoms with Crippen LogP contribution in [0.4, 0.5) is 24.8 Å². The molecule has 2 rings (SSSR count). The molecule has 0 fully saturated rings. The summed E-state index contributed by atoms with van der Waals surface area (Å²) in [5.41, 5.74) is 2.03. The number of rotatable bonds is 4. The molecule has 0 amide bonds. The van der Waals surface area contributed by atoms with Gasteiger partial charge in [-0.3, -0.25) is 0 Å². The van der Waals surface area contributed by atoms with Crippen LogP contribution in [0.3, 0.4) is 0 Å². The van der Waals surface area contributed by atoms with E-state index in [4.69, 9.17) is 5.84 Å². The summed E-state index contributed by atoms with van der Waals surface area (Å²) in [4.78, 5) is 10.2. The number of nitrogens with one attached hydrogen (secondary N) is 2. The van der Waals surface area contributed by atoms with Gasteiger partial charge in [-0.25, -0.2) is 15.8 Å². The molecule has 0 bridgehead atoms. The summed E-state index contributed by atoms with van der Waals surface area (Å²) in [5.74, 6) is 3.77. The number of nitrogen functional groups attached to an aromatic ring is 1. The lowest BCUT2D eigenvalue weighted by Crippen LogP contribution is -2.17. The molecule has 0 radical (unpaired) electrons. The molecule has 0 atom stereocenters.